The van der Waals surface area contributed by atoms with Gasteiger partial charge < -0.3 is 9.64 Å². The van der Waals surface area contributed by atoms with Crippen molar-refractivity contribution < 1.29 is 14.3 Å². The highest BCUT2D eigenvalue weighted by atomic mass is 16.5. The number of carbonyl (C=O) groups excluding carboxylic acids is 2. The van der Waals surface area contributed by atoms with Crippen molar-refractivity contribution in [2.45, 2.75) is 52.5 Å². The van der Waals surface area contributed by atoms with E-state index in [9.17, 15) is 9.59 Å². The van der Waals surface area contributed by atoms with Crippen LogP contribution in [0.1, 0.15) is 45.6 Å². The molecule has 148 valence electrons. The number of esters is 1. The van der Waals surface area contributed by atoms with Gasteiger partial charge in [-0.2, -0.15) is 0 Å². The van der Waals surface area contributed by atoms with Crippen molar-refractivity contribution in [3.05, 3.63) is 48.0 Å². The predicted molar refractivity (Wildman–Crippen MR) is 110 cm³/mol. The van der Waals surface area contributed by atoms with Crippen LogP contribution in [0.3, 0.4) is 0 Å². The number of fused-ring (bicyclic) bond motifs is 3. The Hall–Kier alpha value is -2.36. The molecule has 4 nitrogen and oxygen atoms in total. The van der Waals surface area contributed by atoms with E-state index in [1.807, 2.05) is 47.4 Å². The Morgan fingerprint density at radius 3 is 2.64 bits per heavy atom. The summed E-state index contributed by atoms with van der Waals surface area (Å²) < 4.78 is 5.37. The van der Waals surface area contributed by atoms with Crippen molar-refractivity contribution in [2.75, 3.05) is 13.2 Å². The summed E-state index contributed by atoms with van der Waals surface area (Å²) in [6.07, 6.45) is 3.41. The first-order chi connectivity index (χ1) is 13.2. The fourth-order valence-electron chi connectivity index (χ4n) is 5.63. The lowest BCUT2D eigenvalue weighted by molar-refractivity contribution is -0.152. The van der Waals surface area contributed by atoms with Crippen LogP contribution in [0, 0.1) is 10.8 Å². The third-order valence-electron chi connectivity index (χ3n) is 6.31. The Morgan fingerprint density at radius 1 is 1.07 bits per heavy atom. The fraction of sp³-hybridized carbons (Fsp3) is 0.500. The Balaban J connectivity index is 1.37. The van der Waals surface area contributed by atoms with Gasteiger partial charge in [0.25, 0.3) is 5.91 Å². The molecule has 1 aliphatic heterocycles. The van der Waals surface area contributed by atoms with Gasteiger partial charge in [-0.3, -0.25) is 9.59 Å². The SMILES string of the molecule is CC1(C)C[C@@H]2C[C@@](C)(CN2C(=O)COC(=O)Cc2cccc3ccccc23)C1. The zero-order valence-corrected chi connectivity index (χ0v) is 17.0. The second-order valence-electron chi connectivity index (χ2n) is 9.71. The van der Waals surface area contributed by atoms with Gasteiger partial charge in [-0.05, 0) is 46.4 Å². The van der Waals surface area contributed by atoms with Gasteiger partial charge in [0, 0.05) is 12.6 Å². The first-order valence-corrected chi connectivity index (χ1v) is 10.2. The van der Waals surface area contributed by atoms with Crippen LogP contribution in [0.15, 0.2) is 42.5 Å². The maximum Gasteiger partial charge on any atom is 0.310 e. The van der Waals surface area contributed by atoms with Gasteiger partial charge in [0.2, 0.25) is 0 Å². The van der Waals surface area contributed by atoms with Gasteiger partial charge in [0.1, 0.15) is 0 Å². The highest BCUT2D eigenvalue weighted by molar-refractivity contribution is 5.89. The molecular formula is C24H29NO3. The molecule has 0 radical (unpaired) electrons. The number of carbonyl (C=O) groups is 2. The van der Waals surface area contributed by atoms with Crippen LogP contribution in [0.25, 0.3) is 10.8 Å². The van der Waals surface area contributed by atoms with E-state index in [2.05, 4.69) is 20.8 Å². The second-order valence-corrected chi connectivity index (χ2v) is 9.71. The van der Waals surface area contributed by atoms with E-state index in [1.54, 1.807) is 0 Å². The predicted octanol–water partition coefficient (Wildman–Crippen LogP) is 4.35. The van der Waals surface area contributed by atoms with E-state index in [0.29, 0.717) is 0 Å². The zero-order valence-electron chi connectivity index (χ0n) is 17.0. The van der Waals surface area contributed by atoms with Crippen molar-refractivity contribution in [1.82, 2.24) is 4.90 Å². The molecule has 4 heteroatoms. The first kappa shape index (κ1) is 19.0. The fourth-order valence-corrected chi connectivity index (χ4v) is 5.63. The van der Waals surface area contributed by atoms with Crippen LogP contribution in [0.5, 0.6) is 0 Å². The standard InChI is InChI=1S/C24H29NO3/c1-23(2)12-19-13-24(3,15-23)16-25(19)21(26)14-28-22(27)11-18-9-6-8-17-7-4-5-10-20(17)18/h4-10,19H,11-16H2,1-3H3/t19-,24-/m1/s1. The molecule has 4 rings (SSSR count). The molecule has 2 aliphatic rings. The summed E-state index contributed by atoms with van der Waals surface area (Å²) in [5.74, 6) is -0.406. The minimum atomic E-state index is -0.349. The number of likely N-dealkylation sites (tertiary alicyclic amines) is 1. The maximum atomic E-state index is 12.8. The summed E-state index contributed by atoms with van der Waals surface area (Å²) in [6.45, 7) is 7.48. The molecule has 2 atom stereocenters. The largest absolute Gasteiger partial charge is 0.455 e. The van der Waals surface area contributed by atoms with Crippen molar-refractivity contribution in [1.29, 1.82) is 0 Å². The van der Waals surface area contributed by atoms with Crippen molar-refractivity contribution in [2.24, 2.45) is 10.8 Å². The lowest BCUT2D eigenvalue weighted by atomic mass is 9.65. The van der Waals surface area contributed by atoms with E-state index < -0.39 is 0 Å². The summed E-state index contributed by atoms with van der Waals surface area (Å²) in [4.78, 5) is 27.1. The molecule has 0 N–H and O–H groups in total. The average molecular weight is 380 g/mol. The highest BCUT2D eigenvalue weighted by Crippen LogP contribution is 2.52. The lowest BCUT2D eigenvalue weighted by Crippen LogP contribution is -2.40. The number of amides is 1. The Labute approximate surface area is 166 Å². The molecule has 1 saturated heterocycles. The first-order valence-electron chi connectivity index (χ1n) is 10.2. The minimum absolute atomic E-state index is 0.0577. The minimum Gasteiger partial charge on any atom is -0.455 e. The molecule has 0 unspecified atom stereocenters. The monoisotopic (exact) mass is 379 g/mol. The molecule has 2 fully saturated rings. The molecule has 1 amide bonds. The maximum absolute atomic E-state index is 12.8. The van der Waals surface area contributed by atoms with Crippen molar-refractivity contribution in [3.8, 4) is 0 Å². The molecule has 1 heterocycles. The molecule has 28 heavy (non-hydrogen) atoms. The summed E-state index contributed by atoms with van der Waals surface area (Å²) in [7, 11) is 0. The normalized spacial score (nSPS) is 25.7. The van der Waals surface area contributed by atoms with Crippen LogP contribution in [-0.2, 0) is 20.7 Å². The van der Waals surface area contributed by atoms with E-state index in [4.69, 9.17) is 4.74 Å². The molecule has 1 aliphatic carbocycles. The number of hydrogen-bond acceptors (Lipinski definition) is 3. The Morgan fingerprint density at radius 2 is 1.82 bits per heavy atom. The molecule has 0 aromatic heterocycles. The number of hydrogen-bond donors (Lipinski definition) is 0. The number of rotatable bonds is 4. The molecule has 0 spiro atoms. The van der Waals surface area contributed by atoms with Gasteiger partial charge in [-0.15, -0.1) is 0 Å². The van der Waals surface area contributed by atoms with E-state index in [0.717, 1.165) is 42.1 Å². The average Bonchev–Trinajstić information content (AvgIpc) is 2.89. The van der Waals surface area contributed by atoms with Crippen LogP contribution in [0.4, 0.5) is 0 Å². The lowest BCUT2D eigenvalue weighted by Gasteiger charge is -2.39. The highest BCUT2D eigenvalue weighted by Gasteiger charge is 2.50. The van der Waals surface area contributed by atoms with Crippen LogP contribution in [0.2, 0.25) is 0 Å². The topological polar surface area (TPSA) is 46.6 Å². The summed E-state index contributed by atoms with van der Waals surface area (Å²) in [5, 5.41) is 2.15. The zero-order chi connectivity index (χ0) is 19.9. The van der Waals surface area contributed by atoms with Gasteiger partial charge in [-0.1, -0.05) is 63.2 Å². The number of nitrogens with zero attached hydrogens (tertiary/aromatic N) is 1. The third kappa shape index (κ3) is 3.78. The van der Waals surface area contributed by atoms with Crippen molar-refractivity contribution in [3.63, 3.8) is 0 Å². The molecule has 2 bridgehead atoms. The van der Waals surface area contributed by atoms with Gasteiger partial charge in [0.15, 0.2) is 6.61 Å². The van der Waals surface area contributed by atoms with Gasteiger partial charge in [-0.25, -0.2) is 0 Å². The van der Waals surface area contributed by atoms with Gasteiger partial charge >= 0.3 is 5.97 Å². The quantitative estimate of drug-likeness (QED) is 0.742. The van der Waals surface area contributed by atoms with E-state index >= 15 is 0 Å². The van der Waals surface area contributed by atoms with Crippen LogP contribution < -0.4 is 0 Å². The third-order valence-corrected chi connectivity index (χ3v) is 6.31. The number of benzene rings is 2. The molecule has 1 saturated carbocycles. The Kier molecular flexibility index (Phi) is 4.68. The number of ether oxygens (including phenoxy) is 1. The smallest absolute Gasteiger partial charge is 0.310 e. The Bertz CT molecular complexity index is 914. The molecule has 2 aromatic carbocycles. The van der Waals surface area contributed by atoms with Crippen LogP contribution >= 0.6 is 0 Å². The molecule has 2 aromatic rings. The summed E-state index contributed by atoms with van der Waals surface area (Å²) >= 11 is 0. The van der Waals surface area contributed by atoms with E-state index in [1.165, 1.54) is 0 Å². The van der Waals surface area contributed by atoms with E-state index in [-0.39, 0.29) is 41.8 Å². The summed E-state index contributed by atoms with van der Waals surface area (Å²) in [6, 6.07) is 14.2. The summed E-state index contributed by atoms with van der Waals surface area (Å²) in [5.41, 5.74) is 1.38. The van der Waals surface area contributed by atoms with Gasteiger partial charge in [0.05, 0.1) is 6.42 Å². The second kappa shape index (κ2) is 6.91. The van der Waals surface area contributed by atoms with Crippen molar-refractivity contribution >= 4 is 22.6 Å². The molecular weight excluding hydrogens is 350 g/mol. The van der Waals surface area contributed by atoms with Crippen LogP contribution in [-0.4, -0.2) is 36.0 Å².